The predicted octanol–water partition coefficient (Wildman–Crippen LogP) is 3.30. The Labute approximate surface area is 165 Å². The minimum atomic E-state index is -0.0924. The molecule has 0 spiro atoms. The van der Waals surface area contributed by atoms with Gasteiger partial charge in [-0.25, -0.2) is 0 Å². The molecule has 0 radical (unpaired) electrons. The first-order valence-corrected chi connectivity index (χ1v) is 9.85. The molecule has 1 amide bonds. The Bertz CT molecular complexity index is 886. The highest BCUT2D eigenvalue weighted by molar-refractivity contribution is 5.96. The summed E-state index contributed by atoms with van der Waals surface area (Å²) in [6.07, 6.45) is 4.81. The van der Waals surface area contributed by atoms with Crippen LogP contribution >= 0.6 is 0 Å². The van der Waals surface area contributed by atoms with Crippen LogP contribution in [0.5, 0.6) is 5.75 Å². The van der Waals surface area contributed by atoms with Gasteiger partial charge in [-0.3, -0.25) is 9.59 Å². The van der Waals surface area contributed by atoms with E-state index in [1.165, 1.54) is 11.1 Å². The van der Waals surface area contributed by atoms with Gasteiger partial charge in [0.2, 0.25) is 0 Å². The van der Waals surface area contributed by atoms with Crippen LogP contribution in [0.25, 0.3) is 0 Å². The second-order valence-electron chi connectivity index (χ2n) is 7.53. The number of rotatable bonds is 6. The van der Waals surface area contributed by atoms with Crippen LogP contribution in [0.1, 0.15) is 56.2 Å². The van der Waals surface area contributed by atoms with E-state index in [1.807, 2.05) is 36.4 Å². The van der Waals surface area contributed by atoms with Crippen LogP contribution in [0.4, 0.5) is 0 Å². The van der Waals surface area contributed by atoms with Crippen LogP contribution < -0.4 is 10.1 Å². The summed E-state index contributed by atoms with van der Waals surface area (Å²) in [5, 5.41) is 2.73. The summed E-state index contributed by atoms with van der Waals surface area (Å²) in [6.45, 7) is 1.34. The maximum absolute atomic E-state index is 12.4. The molecular weight excluding hydrogens is 354 g/mol. The van der Waals surface area contributed by atoms with Crippen molar-refractivity contribution in [3.63, 3.8) is 0 Å². The Morgan fingerprint density at radius 1 is 1.21 bits per heavy atom. The lowest BCUT2D eigenvalue weighted by Crippen LogP contribution is -2.21. The molecule has 0 bridgehead atoms. The summed E-state index contributed by atoms with van der Waals surface area (Å²) in [4.78, 5) is 23.5. The molecule has 1 aliphatic heterocycles. The standard InChI is InChI=1S/C23H25NO4/c1-24-23(26)21-7-6-19(28-14-20-3-2-8-27-20)12-22(21)18-10-16-5-4-15(13-25)9-17(16)11-18/h4-7,9,12-13,18,20H,2-3,8,10-11,14H2,1H3,(H,24,26)/t18-,20+/m1/s1. The minimum absolute atomic E-state index is 0.0924. The highest BCUT2D eigenvalue weighted by Gasteiger charge is 2.27. The summed E-state index contributed by atoms with van der Waals surface area (Å²) < 4.78 is 11.6. The Kier molecular flexibility index (Phi) is 5.44. The van der Waals surface area contributed by atoms with Crippen LogP contribution in [0, 0.1) is 0 Å². The maximum Gasteiger partial charge on any atom is 0.251 e. The maximum atomic E-state index is 12.4. The van der Waals surface area contributed by atoms with E-state index in [1.54, 1.807) is 7.05 Å². The van der Waals surface area contributed by atoms with Gasteiger partial charge in [0, 0.05) is 24.8 Å². The number of carbonyl (C=O) groups is 2. The highest BCUT2D eigenvalue weighted by Crippen LogP contribution is 2.37. The molecule has 1 fully saturated rings. The molecule has 0 unspecified atom stereocenters. The van der Waals surface area contributed by atoms with Crippen LogP contribution in [-0.4, -0.2) is 38.6 Å². The summed E-state index contributed by atoms with van der Waals surface area (Å²) in [5.74, 6) is 0.864. The highest BCUT2D eigenvalue weighted by atomic mass is 16.5. The van der Waals surface area contributed by atoms with Crippen LogP contribution in [0.15, 0.2) is 36.4 Å². The van der Waals surface area contributed by atoms with Gasteiger partial charge in [0.15, 0.2) is 0 Å². The van der Waals surface area contributed by atoms with Crippen molar-refractivity contribution in [1.29, 1.82) is 0 Å². The zero-order valence-electron chi connectivity index (χ0n) is 16.1. The van der Waals surface area contributed by atoms with E-state index in [0.29, 0.717) is 17.7 Å². The Hall–Kier alpha value is -2.66. The zero-order valence-corrected chi connectivity index (χ0v) is 16.1. The summed E-state index contributed by atoms with van der Waals surface area (Å²) in [5.41, 5.74) is 4.79. The van der Waals surface area contributed by atoms with Crippen molar-refractivity contribution in [3.05, 3.63) is 64.2 Å². The van der Waals surface area contributed by atoms with Gasteiger partial charge in [-0.05, 0) is 72.6 Å². The molecule has 0 saturated carbocycles. The lowest BCUT2D eigenvalue weighted by molar-refractivity contribution is 0.0679. The molecule has 28 heavy (non-hydrogen) atoms. The summed E-state index contributed by atoms with van der Waals surface area (Å²) in [6, 6.07) is 11.5. The van der Waals surface area contributed by atoms with E-state index >= 15 is 0 Å². The molecule has 2 atom stereocenters. The lowest BCUT2D eigenvalue weighted by Gasteiger charge is -2.18. The van der Waals surface area contributed by atoms with Gasteiger partial charge in [-0.15, -0.1) is 0 Å². The first kappa shape index (κ1) is 18.7. The molecular formula is C23H25NO4. The van der Waals surface area contributed by atoms with Gasteiger partial charge in [0.25, 0.3) is 5.91 Å². The minimum Gasteiger partial charge on any atom is -0.491 e. The third-order valence-electron chi connectivity index (χ3n) is 5.69. The van der Waals surface area contributed by atoms with Crippen LogP contribution in [-0.2, 0) is 17.6 Å². The fourth-order valence-corrected chi connectivity index (χ4v) is 4.21. The molecule has 1 N–H and O–H groups in total. The molecule has 0 aromatic heterocycles. The van der Waals surface area contributed by atoms with Crippen LogP contribution in [0.3, 0.4) is 0 Å². The number of nitrogens with one attached hydrogen (secondary N) is 1. The van der Waals surface area contributed by atoms with Crippen molar-refractivity contribution in [2.24, 2.45) is 0 Å². The van der Waals surface area contributed by atoms with Crippen molar-refractivity contribution in [2.45, 2.75) is 37.7 Å². The monoisotopic (exact) mass is 379 g/mol. The topological polar surface area (TPSA) is 64.6 Å². The molecule has 146 valence electrons. The fourth-order valence-electron chi connectivity index (χ4n) is 4.21. The van der Waals surface area contributed by atoms with Gasteiger partial charge >= 0.3 is 0 Å². The molecule has 2 aromatic carbocycles. The zero-order chi connectivity index (χ0) is 19.5. The van der Waals surface area contributed by atoms with E-state index in [2.05, 4.69) is 5.32 Å². The molecule has 2 aromatic rings. The van der Waals surface area contributed by atoms with E-state index in [-0.39, 0.29) is 17.9 Å². The first-order chi connectivity index (χ1) is 13.7. The quantitative estimate of drug-likeness (QED) is 0.782. The van der Waals surface area contributed by atoms with Gasteiger partial charge in [-0.1, -0.05) is 12.1 Å². The fraction of sp³-hybridized carbons (Fsp3) is 0.391. The van der Waals surface area contributed by atoms with Gasteiger partial charge in [-0.2, -0.15) is 0 Å². The lowest BCUT2D eigenvalue weighted by atomic mass is 9.91. The Morgan fingerprint density at radius 2 is 2.07 bits per heavy atom. The number of aldehydes is 1. The van der Waals surface area contributed by atoms with Crippen LogP contribution in [0.2, 0.25) is 0 Å². The molecule has 1 aliphatic carbocycles. The Morgan fingerprint density at radius 3 is 2.82 bits per heavy atom. The summed E-state index contributed by atoms with van der Waals surface area (Å²) >= 11 is 0. The second-order valence-corrected chi connectivity index (χ2v) is 7.53. The van der Waals surface area contributed by atoms with Gasteiger partial charge in [0.05, 0.1) is 6.10 Å². The van der Waals surface area contributed by atoms with E-state index in [0.717, 1.165) is 49.9 Å². The number of benzene rings is 2. The molecule has 5 nitrogen and oxygen atoms in total. The predicted molar refractivity (Wildman–Crippen MR) is 106 cm³/mol. The summed E-state index contributed by atoms with van der Waals surface area (Å²) in [7, 11) is 1.65. The number of fused-ring (bicyclic) bond motifs is 1. The normalized spacial score (nSPS) is 20.6. The largest absolute Gasteiger partial charge is 0.491 e. The number of carbonyl (C=O) groups excluding carboxylic acids is 2. The van der Waals surface area contributed by atoms with Crippen molar-refractivity contribution in [2.75, 3.05) is 20.3 Å². The smallest absolute Gasteiger partial charge is 0.251 e. The molecule has 2 aliphatic rings. The molecule has 1 heterocycles. The molecule has 5 heteroatoms. The third kappa shape index (κ3) is 3.80. The first-order valence-electron chi connectivity index (χ1n) is 9.85. The molecule has 1 saturated heterocycles. The van der Waals surface area contributed by atoms with Crippen molar-refractivity contribution >= 4 is 12.2 Å². The third-order valence-corrected chi connectivity index (χ3v) is 5.69. The number of amides is 1. The van der Waals surface area contributed by atoms with Gasteiger partial charge in [0.1, 0.15) is 18.6 Å². The van der Waals surface area contributed by atoms with E-state index < -0.39 is 0 Å². The number of hydrogen-bond donors (Lipinski definition) is 1. The average molecular weight is 379 g/mol. The van der Waals surface area contributed by atoms with E-state index in [9.17, 15) is 9.59 Å². The van der Waals surface area contributed by atoms with Gasteiger partial charge < -0.3 is 14.8 Å². The van der Waals surface area contributed by atoms with Crippen molar-refractivity contribution < 1.29 is 19.1 Å². The van der Waals surface area contributed by atoms with Crippen molar-refractivity contribution in [1.82, 2.24) is 5.32 Å². The Balaban J connectivity index is 1.59. The van der Waals surface area contributed by atoms with Crippen molar-refractivity contribution in [3.8, 4) is 5.75 Å². The second kappa shape index (κ2) is 8.15. The SMILES string of the molecule is CNC(=O)c1ccc(OC[C@@H]2CCCO2)cc1[C@@H]1Cc2ccc(C=O)cc2C1. The van der Waals surface area contributed by atoms with E-state index in [4.69, 9.17) is 9.47 Å². The molecule has 4 rings (SSSR count). The average Bonchev–Trinajstić information content (AvgIpc) is 3.40. The number of hydrogen-bond acceptors (Lipinski definition) is 4. The number of ether oxygens (including phenoxy) is 2.